The lowest BCUT2D eigenvalue weighted by atomic mass is 9.99. The zero-order chi connectivity index (χ0) is 9.35. The minimum absolute atomic E-state index is 0.519. The minimum Gasteiger partial charge on any atom is -0.391 e. The van der Waals surface area contributed by atoms with Crippen LogP contribution in [-0.2, 0) is 9.53 Å². The van der Waals surface area contributed by atoms with Gasteiger partial charge in [0, 0.05) is 0 Å². The number of hydrogen-bond donors (Lipinski definition) is 4. The van der Waals surface area contributed by atoms with Crippen molar-refractivity contribution in [2.75, 3.05) is 13.2 Å². The number of ketones is 1. The van der Waals surface area contributed by atoms with E-state index in [1.807, 2.05) is 0 Å². The molecule has 0 spiro atoms. The van der Waals surface area contributed by atoms with Crippen molar-refractivity contribution in [3.05, 3.63) is 0 Å². The summed E-state index contributed by atoms with van der Waals surface area (Å²) in [6.07, 6.45) is -3.50. The molecule has 0 radical (unpaired) electrons. The second kappa shape index (κ2) is 3.08. The smallest absolute Gasteiger partial charge is 0.219 e. The molecule has 1 aliphatic rings. The molecule has 0 aromatic rings. The predicted molar refractivity (Wildman–Crippen MR) is 35.0 cm³/mol. The molecule has 0 amide bonds. The summed E-state index contributed by atoms with van der Waals surface area (Å²) in [4.78, 5) is 10.7. The number of aliphatic hydroxyl groups is 4. The Morgan fingerprint density at radius 2 is 2.17 bits per heavy atom. The highest BCUT2D eigenvalue weighted by molar-refractivity contribution is 5.85. The van der Waals surface area contributed by atoms with E-state index in [1.54, 1.807) is 0 Å². The molecule has 0 aromatic carbocycles. The van der Waals surface area contributed by atoms with Crippen molar-refractivity contribution in [2.45, 2.75) is 18.0 Å². The third kappa shape index (κ3) is 1.35. The number of carbonyl (C=O) groups excluding carboxylic acids is 1. The maximum absolute atomic E-state index is 10.7. The highest BCUT2D eigenvalue weighted by atomic mass is 16.7. The lowest BCUT2D eigenvalue weighted by Crippen LogP contribution is -2.61. The van der Waals surface area contributed by atoms with Crippen LogP contribution >= 0.6 is 0 Å². The molecular weight excluding hydrogens is 168 g/mol. The van der Waals surface area contributed by atoms with Crippen molar-refractivity contribution >= 4 is 5.78 Å². The molecule has 0 aromatic heterocycles. The Labute approximate surface area is 68.0 Å². The van der Waals surface area contributed by atoms with E-state index in [0.29, 0.717) is 0 Å². The first kappa shape index (κ1) is 9.56. The summed E-state index contributed by atoms with van der Waals surface area (Å²) in [5, 5.41) is 35.8. The number of carbonyl (C=O) groups is 1. The van der Waals surface area contributed by atoms with Gasteiger partial charge in [-0.05, 0) is 0 Å². The first-order chi connectivity index (χ1) is 5.51. The van der Waals surface area contributed by atoms with Crippen LogP contribution in [0.1, 0.15) is 0 Å². The summed E-state index contributed by atoms with van der Waals surface area (Å²) in [6.45, 7) is -1.40. The maximum Gasteiger partial charge on any atom is 0.219 e. The molecule has 3 atom stereocenters. The van der Waals surface area contributed by atoms with Crippen LogP contribution in [0, 0.1) is 0 Å². The quantitative estimate of drug-likeness (QED) is 0.340. The average molecular weight is 178 g/mol. The second-order valence-electron chi connectivity index (χ2n) is 2.65. The average Bonchev–Trinajstić information content (AvgIpc) is 2.09. The van der Waals surface area contributed by atoms with E-state index in [0.717, 1.165) is 0 Å². The van der Waals surface area contributed by atoms with Crippen molar-refractivity contribution in [3.8, 4) is 0 Å². The number of ether oxygens (including phenoxy) is 1. The fourth-order valence-corrected chi connectivity index (χ4v) is 0.929. The van der Waals surface area contributed by atoms with Crippen LogP contribution in [0.15, 0.2) is 0 Å². The molecule has 4 N–H and O–H groups in total. The predicted octanol–water partition coefficient (Wildman–Crippen LogP) is -3.01. The van der Waals surface area contributed by atoms with E-state index in [2.05, 4.69) is 4.74 Å². The summed E-state index contributed by atoms with van der Waals surface area (Å²) >= 11 is 0. The molecule has 6 nitrogen and oxygen atoms in total. The normalized spacial score (nSPS) is 43.2. The van der Waals surface area contributed by atoms with Gasteiger partial charge in [0.25, 0.3) is 0 Å². The summed E-state index contributed by atoms with van der Waals surface area (Å²) < 4.78 is 4.46. The SMILES string of the molecule is O=C1CO[C@](O)(CO)[C@H](O)[C@@H]1O. The van der Waals surface area contributed by atoms with Crippen LogP contribution in [0.25, 0.3) is 0 Å². The lowest BCUT2D eigenvalue weighted by molar-refractivity contribution is -0.298. The van der Waals surface area contributed by atoms with Crippen LogP contribution in [0.2, 0.25) is 0 Å². The number of aliphatic hydroxyl groups excluding tert-OH is 3. The Morgan fingerprint density at radius 3 is 2.67 bits per heavy atom. The summed E-state index contributed by atoms with van der Waals surface area (Å²) in [5.41, 5.74) is 0. The third-order valence-electron chi connectivity index (χ3n) is 1.78. The molecule has 0 aliphatic carbocycles. The van der Waals surface area contributed by atoms with Gasteiger partial charge in [0.2, 0.25) is 5.79 Å². The monoisotopic (exact) mass is 178 g/mol. The fourth-order valence-electron chi connectivity index (χ4n) is 0.929. The maximum atomic E-state index is 10.7. The van der Waals surface area contributed by atoms with Gasteiger partial charge in [0.05, 0.1) is 6.61 Å². The van der Waals surface area contributed by atoms with Gasteiger partial charge < -0.3 is 25.2 Å². The van der Waals surface area contributed by atoms with E-state index < -0.39 is 37.0 Å². The van der Waals surface area contributed by atoms with Gasteiger partial charge in [-0.3, -0.25) is 4.79 Å². The fraction of sp³-hybridized carbons (Fsp3) is 0.833. The molecule has 12 heavy (non-hydrogen) atoms. The molecule has 1 fully saturated rings. The Balaban J connectivity index is 2.77. The van der Waals surface area contributed by atoms with Crippen LogP contribution < -0.4 is 0 Å². The first-order valence-electron chi connectivity index (χ1n) is 3.37. The van der Waals surface area contributed by atoms with Gasteiger partial charge in [0.15, 0.2) is 5.78 Å². The van der Waals surface area contributed by atoms with Gasteiger partial charge in [-0.2, -0.15) is 0 Å². The third-order valence-corrected chi connectivity index (χ3v) is 1.78. The van der Waals surface area contributed by atoms with Gasteiger partial charge >= 0.3 is 0 Å². The van der Waals surface area contributed by atoms with Crippen LogP contribution in [0.3, 0.4) is 0 Å². The number of Topliss-reactive ketones (excluding diaryl/α,β-unsaturated/α-hetero) is 1. The van der Waals surface area contributed by atoms with E-state index in [1.165, 1.54) is 0 Å². The Hall–Kier alpha value is -0.530. The minimum atomic E-state index is -2.23. The van der Waals surface area contributed by atoms with Crippen LogP contribution in [0.5, 0.6) is 0 Å². The Bertz CT molecular complexity index is 192. The Morgan fingerprint density at radius 1 is 1.58 bits per heavy atom. The van der Waals surface area contributed by atoms with Gasteiger partial charge in [0.1, 0.15) is 18.8 Å². The van der Waals surface area contributed by atoms with E-state index in [9.17, 15) is 9.90 Å². The zero-order valence-electron chi connectivity index (χ0n) is 6.17. The van der Waals surface area contributed by atoms with Gasteiger partial charge in [-0.25, -0.2) is 0 Å². The second-order valence-corrected chi connectivity index (χ2v) is 2.65. The summed E-state index contributed by atoms with van der Waals surface area (Å²) in [6, 6.07) is 0. The van der Waals surface area contributed by atoms with Crippen LogP contribution in [-0.4, -0.2) is 57.4 Å². The van der Waals surface area contributed by atoms with Crippen molar-refractivity contribution in [1.82, 2.24) is 0 Å². The molecule has 0 bridgehead atoms. The number of rotatable bonds is 1. The molecule has 1 aliphatic heterocycles. The van der Waals surface area contributed by atoms with Crippen molar-refractivity contribution in [2.24, 2.45) is 0 Å². The largest absolute Gasteiger partial charge is 0.391 e. The van der Waals surface area contributed by atoms with Crippen molar-refractivity contribution < 1.29 is 30.0 Å². The molecule has 0 saturated carbocycles. The highest BCUT2D eigenvalue weighted by Gasteiger charge is 2.47. The molecule has 1 rings (SSSR count). The van der Waals surface area contributed by atoms with E-state index in [-0.39, 0.29) is 0 Å². The molecule has 70 valence electrons. The van der Waals surface area contributed by atoms with Crippen molar-refractivity contribution in [3.63, 3.8) is 0 Å². The van der Waals surface area contributed by atoms with Gasteiger partial charge in [-0.15, -0.1) is 0 Å². The molecule has 6 heteroatoms. The van der Waals surface area contributed by atoms with E-state index in [4.69, 9.17) is 15.3 Å². The zero-order valence-corrected chi connectivity index (χ0v) is 6.17. The number of hydrogen-bond acceptors (Lipinski definition) is 6. The van der Waals surface area contributed by atoms with Gasteiger partial charge in [-0.1, -0.05) is 0 Å². The topological polar surface area (TPSA) is 107 Å². The van der Waals surface area contributed by atoms with Crippen molar-refractivity contribution in [1.29, 1.82) is 0 Å². The molecule has 0 unspecified atom stereocenters. The van der Waals surface area contributed by atoms with Crippen LogP contribution in [0.4, 0.5) is 0 Å². The summed E-state index contributed by atoms with van der Waals surface area (Å²) in [5.74, 6) is -2.95. The first-order valence-corrected chi connectivity index (χ1v) is 3.37. The molecular formula is C6H10O6. The summed E-state index contributed by atoms with van der Waals surface area (Å²) in [7, 11) is 0. The molecule has 1 heterocycles. The van der Waals surface area contributed by atoms with E-state index >= 15 is 0 Å². The highest BCUT2D eigenvalue weighted by Crippen LogP contribution is 2.20. The lowest BCUT2D eigenvalue weighted by Gasteiger charge is -2.36. The molecule has 1 saturated heterocycles. The Kier molecular flexibility index (Phi) is 2.45. The standard InChI is InChI=1S/C6H10O6/c7-2-6(11)5(10)4(9)3(8)1-12-6/h4-5,7,9-11H,1-2H2/t4-,5-,6-/m1/s1.